The Bertz CT molecular complexity index is 1380. The number of nitrogens with one attached hydrogen (secondary N) is 2. The number of methoxy groups -OCH3 is 1. The average molecular weight is 454 g/mol. The first kappa shape index (κ1) is 21.2. The molecule has 34 heavy (non-hydrogen) atoms. The third kappa shape index (κ3) is 3.95. The molecule has 0 fully saturated rings. The van der Waals surface area contributed by atoms with Crippen molar-refractivity contribution in [2.24, 2.45) is 0 Å². The van der Waals surface area contributed by atoms with Crippen LogP contribution >= 0.6 is 0 Å². The summed E-state index contributed by atoms with van der Waals surface area (Å²) in [5.74, 6) is 1.51. The van der Waals surface area contributed by atoms with E-state index in [1.807, 2.05) is 37.3 Å². The van der Waals surface area contributed by atoms with Gasteiger partial charge in [0, 0.05) is 17.5 Å². The summed E-state index contributed by atoms with van der Waals surface area (Å²) in [6.07, 6.45) is 3.22. The Balaban J connectivity index is 1.59. The van der Waals surface area contributed by atoms with Crippen LogP contribution in [0.2, 0.25) is 0 Å². The molecule has 3 heterocycles. The van der Waals surface area contributed by atoms with Crippen LogP contribution in [0.25, 0.3) is 11.4 Å². The summed E-state index contributed by atoms with van der Waals surface area (Å²) in [5, 5.41) is 21.0. The minimum atomic E-state index is -0.612. The second-order valence-electron chi connectivity index (χ2n) is 7.79. The number of phenols is 1. The van der Waals surface area contributed by atoms with Crippen LogP contribution in [-0.4, -0.2) is 37.9 Å². The van der Waals surface area contributed by atoms with Gasteiger partial charge in [0.1, 0.15) is 17.5 Å². The lowest BCUT2D eigenvalue weighted by Crippen LogP contribution is -2.31. The highest BCUT2D eigenvalue weighted by Gasteiger charge is 2.34. The lowest BCUT2D eigenvalue weighted by Gasteiger charge is -2.28. The van der Waals surface area contributed by atoms with Crippen molar-refractivity contribution in [3.05, 3.63) is 89.9 Å². The molecule has 0 radical (unpaired) electrons. The van der Waals surface area contributed by atoms with Crippen molar-refractivity contribution in [1.82, 2.24) is 19.7 Å². The summed E-state index contributed by atoms with van der Waals surface area (Å²) >= 11 is 0. The van der Waals surface area contributed by atoms with Gasteiger partial charge in [-0.15, -0.1) is 5.10 Å². The van der Waals surface area contributed by atoms with Crippen LogP contribution < -0.4 is 15.4 Å². The predicted molar refractivity (Wildman–Crippen MR) is 127 cm³/mol. The molecule has 0 saturated heterocycles. The number of phenolic OH excluding ortho intramolecular Hbond substituents is 1. The molecule has 0 saturated carbocycles. The number of ether oxygens (including phenoxy) is 1. The number of amides is 1. The van der Waals surface area contributed by atoms with Crippen molar-refractivity contribution in [3.63, 3.8) is 0 Å². The van der Waals surface area contributed by atoms with Gasteiger partial charge in [-0.2, -0.15) is 4.98 Å². The molecule has 3 N–H and O–H groups in total. The van der Waals surface area contributed by atoms with Crippen LogP contribution in [-0.2, 0) is 4.79 Å². The van der Waals surface area contributed by atoms with Gasteiger partial charge in [0.15, 0.2) is 5.82 Å². The Morgan fingerprint density at radius 1 is 1.15 bits per heavy atom. The van der Waals surface area contributed by atoms with Gasteiger partial charge < -0.3 is 20.5 Å². The molecule has 1 aliphatic heterocycles. The maximum atomic E-state index is 13.4. The molecule has 9 heteroatoms. The zero-order chi connectivity index (χ0) is 23.7. The van der Waals surface area contributed by atoms with Crippen LogP contribution in [0.5, 0.6) is 11.5 Å². The molecule has 170 valence electrons. The highest BCUT2D eigenvalue weighted by atomic mass is 16.5. The van der Waals surface area contributed by atoms with Gasteiger partial charge in [0.2, 0.25) is 5.95 Å². The number of anilines is 2. The fraction of sp³-hybridized carbons (Fsp3) is 0.120. The van der Waals surface area contributed by atoms with Gasteiger partial charge in [0.25, 0.3) is 5.91 Å². The van der Waals surface area contributed by atoms with Gasteiger partial charge in [-0.05, 0) is 61.0 Å². The van der Waals surface area contributed by atoms with E-state index in [0.29, 0.717) is 34.3 Å². The standard InChI is InChI=1S/C25H22N6O3/c1-15-21(24(33)28-18-6-4-12-26-14-18)22(17-5-3-7-19(32)13-17)31-25(27-15)29-23(30-31)16-8-10-20(34-2)11-9-16/h3-14,22,32H,1-2H3,(H,28,33)(H,27,29,30). The molecule has 2 aromatic carbocycles. The number of benzene rings is 2. The zero-order valence-corrected chi connectivity index (χ0v) is 18.6. The minimum Gasteiger partial charge on any atom is -0.508 e. The predicted octanol–water partition coefficient (Wildman–Crippen LogP) is 3.98. The normalized spacial score (nSPS) is 14.8. The summed E-state index contributed by atoms with van der Waals surface area (Å²) < 4.78 is 6.90. The first-order valence-corrected chi connectivity index (χ1v) is 10.6. The lowest BCUT2D eigenvalue weighted by atomic mass is 9.95. The molecule has 1 atom stereocenters. The molecule has 1 unspecified atom stereocenters. The highest BCUT2D eigenvalue weighted by molar-refractivity contribution is 6.06. The van der Waals surface area contributed by atoms with Crippen molar-refractivity contribution >= 4 is 17.5 Å². The Labute approximate surface area is 195 Å². The Hall–Kier alpha value is -4.66. The Kier molecular flexibility index (Phi) is 5.43. The number of carbonyl (C=O) groups excluding carboxylic acids is 1. The van der Waals surface area contributed by atoms with Crippen LogP contribution in [0.15, 0.2) is 84.3 Å². The molecule has 9 nitrogen and oxygen atoms in total. The molecule has 1 amide bonds. The van der Waals surface area contributed by atoms with Crippen LogP contribution in [0.4, 0.5) is 11.6 Å². The SMILES string of the molecule is COc1ccc(-c2nc3n(n2)C(c2cccc(O)c2)C(C(=O)Nc2cccnc2)=C(C)N3)cc1. The van der Waals surface area contributed by atoms with E-state index in [1.165, 1.54) is 0 Å². The first-order chi connectivity index (χ1) is 16.5. The minimum absolute atomic E-state index is 0.0951. The van der Waals surface area contributed by atoms with E-state index in [-0.39, 0.29) is 11.7 Å². The number of rotatable bonds is 5. The van der Waals surface area contributed by atoms with E-state index in [1.54, 1.807) is 54.5 Å². The van der Waals surface area contributed by atoms with Crippen LogP contribution in [0.3, 0.4) is 0 Å². The number of hydrogen-bond donors (Lipinski definition) is 3. The number of hydrogen-bond acceptors (Lipinski definition) is 7. The number of aromatic hydroxyl groups is 1. The Morgan fingerprint density at radius 3 is 2.68 bits per heavy atom. The monoisotopic (exact) mass is 454 g/mol. The van der Waals surface area contributed by atoms with E-state index < -0.39 is 6.04 Å². The van der Waals surface area contributed by atoms with E-state index in [0.717, 1.165) is 11.3 Å². The van der Waals surface area contributed by atoms with Crippen molar-refractivity contribution in [2.75, 3.05) is 17.7 Å². The van der Waals surface area contributed by atoms with Crippen molar-refractivity contribution in [1.29, 1.82) is 0 Å². The number of aromatic nitrogens is 4. The summed E-state index contributed by atoms with van der Waals surface area (Å²) in [6, 6.07) is 17.1. The van der Waals surface area contributed by atoms with E-state index in [2.05, 4.69) is 20.6 Å². The van der Waals surface area contributed by atoms with Gasteiger partial charge in [-0.25, -0.2) is 4.68 Å². The van der Waals surface area contributed by atoms with Crippen molar-refractivity contribution < 1.29 is 14.6 Å². The third-order valence-corrected chi connectivity index (χ3v) is 5.55. The Morgan fingerprint density at radius 2 is 1.97 bits per heavy atom. The number of carbonyl (C=O) groups is 1. The highest BCUT2D eigenvalue weighted by Crippen LogP contribution is 2.37. The topological polar surface area (TPSA) is 114 Å². The largest absolute Gasteiger partial charge is 0.508 e. The van der Waals surface area contributed by atoms with Crippen molar-refractivity contribution in [3.8, 4) is 22.9 Å². The van der Waals surface area contributed by atoms with E-state index in [9.17, 15) is 9.90 Å². The summed E-state index contributed by atoms with van der Waals surface area (Å²) in [5.41, 5.74) is 3.16. The molecule has 1 aliphatic rings. The van der Waals surface area contributed by atoms with Gasteiger partial charge in [-0.1, -0.05) is 12.1 Å². The van der Waals surface area contributed by atoms with Crippen LogP contribution in [0.1, 0.15) is 18.5 Å². The maximum absolute atomic E-state index is 13.4. The number of nitrogens with zero attached hydrogens (tertiary/aromatic N) is 4. The first-order valence-electron chi connectivity index (χ1n) is 10.6. The molecule has 0 aliphatic carbocycles. The fourth-order valence-electron chi connectivity index (χ4n) is 3.95. The molecule has 5 rings (SSSR count). The van der Waals surface area contributed by atoms with E-state index >= 15 is 0 Å². The summed E-state index contributed by atoms with van der Waals surface area (Å²) in [7, 11) is 1.61. The van der Waals surface area contributed by atoms with Gasteiger partial charge in [0.05, 0.1) is 24.6 Å². The lowest BCUT2D eigenvalue weighted by molar-refractivity contribution is -0.113. The molecular weight excluding hydrogens is 432 g/mol. The molecular formula is C25H22N6O3. The number of fused-ring (bicyclic) bond motifs is 1. The quantitative estimate of drug-likeness (QED) is 0.418. The fourth-order valence-corrected chi connectivity index (χ4v) is 3.95. The van der Waals surface area contributed by atoms with Gasteiger partial charge >= 0.3 is 0 Å². The molecule has 2 aromatic heterocycles. The van der Waals surface area contributed by atoms with Gasteiger partial charge in [-0.3, -0.25) is 9.78 Å². The van der Waals surface area contributed by atoms with E-state index in [4.69, 9.17) is 9.84 Å². The second kappa shape index (κ2) is 8.70. The third-order valence-electron chi connectivity index (χ3n) is 5.55. The average Bonchev–Trinajstić information content (AvgIpc) is 3.27. The summed E-state index contributed by atoms with van der Waals surface area (Å²) in [4.78, 5) is 22.2. The molecule has 4 aromatic rings. The second-order valence-corrected chi connectivity index (χ2v) is 7.79. The zero-order valence-electron chi connectivity index (χ0n) is 18.6. The molecule has 0 bridgehead atoms. The van der Waals surface area contributed by atoms with Crippen molar-refractivity contribution in [2.45, 2.75) is 13.0 Å². The maximum Gasteiger partial charge on any atom is 0.255 e. The van der Waals surface area contributed by atoms with Crippen LogP contribution in [0, 0.1) is 0 Å². The summed E-state index contributed by atoms with van der Waals surface area (Å²) in [6.45, 7) is 1.82. The number of allylic oxidation sites excluding steroid dienone is 1. The number of pyridine rings is 1. The molecule has 0 spiro atoms. The smallest absolute Gasteiger partial charge is 0.255 e.